The van der Waals surface area contributed by atoms with E-state index in [1.165, 1.54) is 44.4 Å². The summed E-state index contributed by atoms with van der Waals surface area (Å²) in [5.74, 6) is 0. The molecule has 1 unspecified atom stereocenters. The minimum atomic E-state index is 0.128. The van der Waals surface area contributed by atoms with Crippen LogP contribution in [0.15, 0.2) is 60.9 Å². The van der Waals surface area contributed by atoms with E-state index in [-0.39, 0.29) is 11.5 Å². The summed E-state index contributed by atoms with van der Waals surface area (Å²) in [4.78, 5) is 8.11. The van der Waals surface area contributed by atoms with Crippen LogP contribution in [0.5, 0.6) is 0 Å². The zero-order valence-electron chi connectivity index (χ0n) is 20.7. The van der Waals surface area contributed by atoms with Gasteiger partial charge >= 0.3 is 0 Å². The van der Waals surface area contributed by atoms with E-state index in [0.29, 0.717) is 0 Å². The van der Waals surface area contributed by atoms with E-state index < -0.39 is 0 Å². The van der Waals surface area contributed by atoms with E-state index in [1.807, 2.05) is 6.20 Å². The predicted molar refractivity (Wildman–Crippen MR) is 141 cm³/mol. The van der Waals surface area contributed by atoms with Gasteiger partial charge in [0.05, 0.1) is 11.8 Å². The third-order valence-corrected chi connectivity index (χ3v) is 7.11. The Bertz CT molecular complexity index is 1280. The first-order valence-corrected chi connectivity index (χ1v) is 12.4. The molecule has 0 fully saturated rings. The molecule has 0 bridgehead atoms. The number of benzene rings is 2. The fraction of sp³-hybridized carbons (Fsp3) is 0.367. The molecule has 1 atom stereocenters. The minimum absolute atomic E-state index is 0.128. The number of nitrogens with zero attached hydrogens (tertiary/aromatic N) is 1. The summed E-state index contributed by atoms with van der Waals surface area (Å²) >= 11 is 0. The number of hydrogen-bond acceptors (Lipinski definition) is 3. The van der Waals surface area contributed by atoms with Gasteiger partial charge in [-0.2, -0.15) is 0 Å². The second kappa shape index (κ2) is 9.27. The van der Waals surface area contributed by atoms with Gasteiger partial charge in [-0.05, 0) is 77.1 Å². The maximum atomic E-state index is 5.59. The smallest absolute Gasteiger partial charge is 0.0996 e. The number of pyridine rings is 1. The molecule has 1 aliphatic rings. The van der Waals surface area contributed by atoms with Gasteiger partial charge < -0.3 is 15.0 Å². The van der Waals surface area contributed by atoms with E-state index in [0.717, 1.165) is 37.9 Å². The lowest BCUT2D eigenvalue weighted by atomic mass is 9.85. The molecule has 4 aromatic rings. The number of nitrogens with one attached hydrogen (secondary N) is 2. The number of H-pyrrole nitrogens is 1. The molecule has 2 N–H and O–H groups in total. The molecule has 0 amide bonds. The second-order valence-corrected chi connectivity index (χ2v) is 10.4. The highest BCUT2D eigenvalue weighted by atomic mass is 16.5. The number of hydrogen-bond donors (Lipinski definition) is 2. The number of para-hydroxylation sites is 1. The Morgan fingerprint density at radius 3 is 2.65 bits per heavy atom. The van der Waals surface area contributed by atoms with E-state index in [9.17, 15) is 0 Å². The third-order valence-electron chi connectivity index (χ3n) is 7.11. The largest absolute Gasteiger partial charge is 0.385 e. The van der Waals surface area contributed by atoms with Gasteiger partial charge in [-0.1, -0.05) is 51.1 Å². The van der Waals surface area contributed by atoms with Gasteiger partial charge in [-0.3, -0.25) is 4.98 Å². The van der Waals surface area contributed by atoms with Crippen molar-refractivity contribution in [1.82, 2.24) is 9.97 Å². The standard InChI is InChI=1S/C30H35N3O/c1-30(2,3)26-7-5-6-24-22(19-33-28(24)26)15-16-31-23-10-8-20(9-11-23)18-21-14-17-32-29-25(21)12-13-27(29)34-4/h5-11,14,17,19,27,31,33H,12-13,15-16,18H2,1-4H3. The van der Waals surface area contributed by atoms with Crippen molar-refractivity contribution in [3.8, 4) is 0 Å². The van der Waals surface area contributed by atoms with Crippen LogP contribution in [0, 0.1) is 0 Å². The Morgan fingerprint density at radius 1 is 1.06 bits per heavy atom. The normalized spacial score (nSPS) is 15.6. The van der Waals surface area contributed by atoms with Crippen molar-refractivity contribution in [3.05, 3.63) is 94.4 Å². The first-order valence-electron chi connectivity index (χ1n) is 12.4. The molecule has 0 saturated carbocycles. The van der Waals surface area contributed by atoms with Gasteiger partial charge in [-0.15, -0.1) is 0 Å². The number of methoxy groups -OCH3 is 1. The van der Waals surface area contributed by atoms with Gasteiger partial charge in [0.1, 0.15) is 0 Å². The molecule has 0 aliphatic heterocycles. The molecule has 1 aliphatic carbocycles. The lowest BCUT2D eigenvalue weighted by Crippen LogP contribution is -2.11. The van der Waals surface area contributed by atoms with Crippen molar-refractivity contribution < 1.29 is 4.74 Å². The number of rotatable bonds is 7. The van der Waals surface area contributed by atoms with E-state index in [2.05, 4.69) is 90.8 Å². The molecule has 5 rings (SSSR count). The first kappa shape index (κ1) is 22.7. The van der Waals surface area contributed by atoms with Crippen LogP contribution in [0.3, 0.4) is 0 Å². The van der Waals surface area contributed by atoms with Gasteiger partial charge in [0.15, 0.2) is 0 Å². The Balaban J connectivity index is 1.22. The number of aromatic nitrogens is 2. The summed E-state index contributed by atoms with van der Waals surface area (Å²) in [6.45, 7) is 7.71. The Morgan fingerprint density at radius 2 is 1.88 bits per heavy atom. The van der Waals surface area contributed by atoms with Gasteiger partial charge in [0, 0.05) is 42.6 Å². The van der Waals surface area contributed by atoms with Gasteiger partial charge in [0.2, 0.25) is 0 Å². The fourth-order valence-electron chi connectivity index (χ4n) is 5.27. The topological polar surface area (TPSA) is 49.9 Å². The molecule has 4 nitrogen and oxygen atoms in total. The lowest BCUT2D eigenvalue weighted by molar-refractivity contribution is 0.102. The Hall–Kier alpha value is -3.11. The number of anilines is 1. The van der Waals surface area contributed by atoms with Crippen LogP contribution in [0.25, 0.3) is 10.9 Å². The lowest BCUT2D eigenvalue weighted by Gasteiger charge is -2.20. The average Bonchev–Trinajstić information content (AvgIpc) is 3.44. The van der Waals surface area contributed by atoms with Crippen LogP contribution in [0.1, 0.15) is 66.8 Å². The quantitative estimate of drug-likeness (QED) is 0.326. The number of aromatic amines is 1. The molecular weight excluding hydrogens is 418 g/mol. The summed E-state index contributed by atoms with van der Waals surface area (Å²) in [5, 5.41) is 4.94. The highest BCUT2D eigenvalue weighted by Gasteiger charge is 2.25. The Kier molecular flexibility index (Phi) is 6.18. The fourth-order valence-corrected chi connectivity index (χ4v) is 5.27. The molecule has 0 spiro atoms. The number of fused-ring (bicyclic) bond motifs is 2. The molecule has 0 radical (unpaired) electrons. The molecule has 2 aromatic carbocycles. The van der Waals surface area contributed by atoms with Crippen molar-refractivity contribution >= 4 is 16.6 Å². The van der Waals surface area contributed by atoms with Crippen molar-refractivity contribution in [3.63, 3.8) is 0 Å². The highest BCUT2D eigenvalue weighted by molar-refractivity contribution is 5.87. The SMILES string of the molecule is COC1CCc2c(Cc3ccc(NCCc4c[nH]c5c(C(C)(C)C)cccc45)cc3)ccnc21. The van der Waals surface area contributed by atoms with E-state index >= 15 is 0 Å². The van der Waals surface area contributed by atoms with Crippen LogP contribution in [-0.2, 0) is 29.4 Å². The predicted octanol–water partition coefficient (Wildman–Crippen LogP) is 6.74. The van der Waals surface area contributed by atoms with Crippen molar-refractivity contribution in [1.29, 1.82) is 0 Å². The molecular formula is C30H35N3O. The van der Waals surface area contributed by atoms with Crippen molar-refractivity contribution in [2.45, 2.75) is 58.0 Å². The van der Waals surface area contributed by atoms with Gasteiger partial charge in [0.25, 0.3) is 0 Å². The molecule has 176 valence electrons. The Labute approximate surface area is 202 Å². The van der Waals surface area contributed by atoms with Crippen LogP contribution < -0.4 is 5.32 Å². The summed E-state index contributed by atoms with van der Waals surface area (Å²) in [7, 11) is 1.78. The molecule has 0 saturated heterocycles. The van der Waals surface area contributed by atoms with Crippen LogP contribution in [-0.4, -0.2) is 23.6 Å². The van der Waals surface area contributed by atoms with Crippen molar-refractivity contribution in [2.75, 3.05) is 19.0 Å². The van der Waals surface area contributed by atoms with Crippen LogP contribution in [0.4, 0.5) is 5.69 Å². The summed E-state index contributed by atoms with van der Waals surface area (Å²) in [6, 6.07) is 17.7. The average molecular weight is 454 g/mol. The maximum Gasteiger partial charge on any atom is 0.0996 e. The highest BCUT2D eigenvalue weighted by Crippen LogP contribution is 2.34. The molecule has 4 heteroatoms. The summed E-state index contributed by atoms with van der Waals surface area (Å²) in [5.41, 5.74) is 10.5. The van der Waals surface area contributed by atoms with E-state index in [4.69, 9.17) is 4.74 Å². The van der Waals surface area contributed by atoms with Crippen LogP contribution in [0.2, 0.25) is 0 Å². The first-order chi connectivity index (χ1) is 16.4. The second-order valence-electron chi connectivity index (χ2n) is 10.4. The molecule has 2 aromatic heterocycles. The zero-order valence-corrected chi connectivity index (χ0v) is 20.7. The maximum absolute atomic E-state index is 5.59. The monoisotopic (exact) mass is 453 g/mol. The summed E-state index contributed by atoms with van der Waals surface area (Å²) < 4.78 is 5.59. The molecule has 2 heterocycles. The zero-order chi connectivity index (χ0) is 23.7. The summed E-state index contributed by atoms with van der Waals surface area (Å²) in [6.07, 6.45) is 8.27. The third kappa shape index (κ3) is 4.47. The minimum Gasteiger partial charge on any atom is -0.385 e. The van der Waals surface area contributed by atoms with E-state index in [1.54, 1.807) is 7.11 Å². The number of ether oxygens (including phenoxy) is 1. The van der Waals surface area contributed by atoms with Crippen molar-refractivity contribution in [2.24, 2.45) is 0 Å². The van der Waals surface area contributed by atoms with Crippen LogP contribution >= 0.6 is 0 Å². The van der Waals surface area contributed by atoms with Gasteiger partial charge in [-0.25, -0.2) is 0 Å². The molecule has 34 heavy (non-hydrogen) atoms.